The van der Waals surface area contributed by atoms with Gasteiger partial charge in [-0.3, -0.25) is 4.79 Å². The Balaban J connectivity index is 1.73. The number of halogens is 1. The van der Waals surface area contributed by atoms with Gasteiger partial charge < -0.3 is 10.1 Å². The number of carbonyl (C=O) groups excluding carboxylic acids is 1. The molecule has 24 heavy (non-hydrogen) atoms. The third kappa shape index (κ3) is 3.98. The maximum absolute atomic E-state index is 12.3. The molecular formula is C20H20ClNO2. The van der Waals surface area contributed by atoms with Gasteiger partial charge in [0, 0.05) is 23.1 Å². The Morgan fingerprint density at radius 2 is 1.92 bits per heavy atom. The lowest BCUT2D eigenvalue weighted by molar-refractivity contribution is -0.117. The number of fused-ring (bicyclic) bond motifs is 1. The zero-order valence-corrected chi connectivity index (χ0v) is 14.5. The molecule has 3 rings (SSSR count). The highest BCUT2D eigenvalue weighted by Gasteiger charge is 2.33. The van der Waals surface area contributed by atoms with Gasteiger partial charge in [0.15, 0.2) is 0 Å². The van der Waals surface area contributed by atoms with Crippen molar-refractivity contribution in [3.63, 3.8) is 0 Å². The van der Waals surface area contributed by atoms with Crippen molar-refractivity contribution in [3.05, 3.63) is 70.8 Å². The number of rotatable bonds is 3. The molecule has 0 saturated heterocycles. The predicted octanol–water partition coefficient (Wildman–Crippen LogP) is 4.77. The Kier molecular flexibility index (Phi) is 4.63. The molecule has 124 valence electrons. The van der Waals surface area contributed by atoms with Gasteiger partial charge in [-0.1, -0.05) is 41.9 Å². The fourth-order valence-corrected chi connectivity index (χ4v) is 3.02. The minimum atomic E-state index is -0.313. The zero-order valence-electron chi connectivity index (χ0n) is 13.8. The van der Waals surface area contributed by atoms with E-state index in [1.165, 1.54) is 0 Å². The first-order valence-corrected chi connectivity index (χ1v) is 8.33. The molecule has 0 aliphatic carbocycles. The number of ether oxygens (including phenoxy) is 1. The van der Waals surface area contributed by atoms with Crippen LogP contribution in [0.2, 0.25) is 5.02 Å². The zero-order chi connectivity index (χ0) is 17.2. The summed E-state index contributed by atoms with van der Waals surface area (Å²) in [6, 6.07) is 15.1. The fraction of sp³-hybridized carbons (Fsp3) is 0.250. The van der Waals surface area contributed by atoms with Crippen molar-refractivity contribution in [1.29, 1.82) is 0 Å². The molecule has 0 aromatic heterocycles. The molecule has 0 saturated carbocycles. The SMILES string of the molecule is CC1(C)C[C@@H](NC(=O)/C=C/c2ccc(Cl)cc2)c2ccccc2O1. The first kappa shape index (κ1) is 16.6. The molecule has 0 unspecified atom stereocenters. The van der Waals surface area contributed by atoms with Crippen LogP contribution in [0.5, 0.6) is 5.75 Å². The number of carbonyl (C=O) groups is 1. The Bertz CT molecular complexity index is 765. The van der Waals surface area contributed by atoms with E-state index in [-0.39, 0.29) is 17.6 Å². The monoisotopic (exact) mass is 341 g/mol. The average molecular weight is 342 g/mol. The summed E-state index contributed by atoms with van der Waals surface area (Å²) in [5.41, 5.74) is 1.64. The van der Waals surface area contributed by atoms with Crippen LogP contribution in [0.4, 0.5) is 0 Å². The number of benzene rings is 2. The van der Waals surface area contributed by atoms with Crippen LogP contribution in [0, 0.1) is 0 Å². The molecule has 2 aromatic carbocycles. The molecule has 3 nitrogen and oxygen atoms in total. The van der Waals surface area contributed by atoms with Crippen LogP contribution in [0.1, 0.15) is 37.4 Å². The highest BCUT2D eigenvalue weighted by molar-refractivity contribution is 6.30. The van der Waals surface area contributed by atoms with Crippen molar-refractivity contribution in [3.8, 4) is 5.75 Å². The Hall–Kier alpha value is -2.26. The first-order chi connectivity index (χ1) is 11.4. The maximum atomic E-state index is 12.3. The van der Waals surface area contributed by atoms with Crippen LogP contribution >= 0.6 is 11.6 Å². The lowest BCUT2D eigenvalue weighted by atomic mass is 9.89. The molecule has 0 bridgehead atoms. The number of amides is 1. The van der Waals surface area contributed by atoms with Gasteiger partial charge >= 0.3 is 0 Å². The summed E-state index contributed by atoms with van der Waals surface area (Å²) in [6.45, 7) is 4.07. The van der Waals surface area contributed by atoms with Gasteiger partial charge in [-0.05, 0) is 43.7 Å². The minimum Gasteiger partial charge on any atom is -0.487 e. The number of nitrogens with one attached hydrogen (secondary N) is 1. The summed E-state index contributed by atoms with van der Waals surface area (Å²) in [6.07, 6.45) is 4.06. The molecule has 2 aromatic rings. The van der Waals surface area contributed by atoms with Crippen molar-refractivity contribution in [1.82, 2.24) is 5.32 Å². The number of hydrogen-bond donors (Lipinski definition) is 1. The molecule has 0 radical (unpaired) electrons. The summed E-state index contributed by atoms with van der Waals surface area (Å²) in [5.74, 6) is 0.711. The summed E-state index contributed by atoms with van der Waals surface area (Å²) >= 11 is 5.86. The van der Waals surface area contributed by atoms with E-state index in [0.717, 1.165) is 23.3 Å². The van der Waals surface area contributed by atoms with Crippen LogP contribution in [0.15, 0.2) is 54.6 Å². The van der Waals surface area contributed by atoms with Crippen molar-refractivity contribution in [2.45, 2.75) is 31.9 Å². The van der Waals surface area contributed by atoms with Gasteiger partial charge in [0.25, 0.3) is 0 Å². The summed E-state index contributed by atoms with van der Waals surface area (Å²) in [5, 5.41) is 3.76. The van der Waals surface area contributed by atoms with Crippen LogP contribution in [-0.2, 0) is 4.79 Å². The topological polar surface area (TPSA) is 38.3 Å². The Labute approximate surface area is 147 Å². The third-order valence-electron chi connectivity index (χ3n) is 3.99. The second kappa shape index (κ2) is 6.70. The van der Waals surface area contributed by atoms with Gasteiger partial charge in [0.05, 0.1) is 6.04 Å². The van der Waals surface area contributed by atoms with Gasteiger partial charge in [-0.25, -0.2) is 0 Å². The molecule has 1 heterocycles. The Morgan fingerprint density at radius 3 is 2.67 bits per heavy atom. The summed E-state index contributed by atoms with van der Waals surface area (Å²) in [7, 11) is 0. The average Bonchev–Trinajstić information content (AvgIpc) is 2.53. The first-order valence-electron chi connectivity index (χ1n) is 7.95. The second-order valence-electron chi connectivity index (χ2n) is 6.55. The van der Waals surface area contributed by atoms with E-state index in [1.807, 2.05) is 50.2 Å². The van der Waals surface area contributed by atoms with E-state index in [0.29, 0.717) is 5.02 Å². The Morgan fingerprint density at radius 1 is 1.21 bits per heavy atom. The van der Waals surface area contributed by atoms with Crippen LogP contribution < -0.4 is 10.1 Å². The molecule has 1 N–H and O–H groups in total. The largest absolute Gasteiger partial charge is 0.487 e. The van der Waals surface area contributed by atoms with E-state index < -0.39 is 0 Å². The molecule has 0 spiro atoms. The molecule has 1 atom stereocenters. The molecule has 1 aliphatic heterocycles. The quantitative estimate of drug-likeness (QED) is 0.816. The maximum Gasteiger partial charge on any atom is 0.244 e. The molecule has 1 aliphatic rings. The second-order valence-corrected chi connectivity index (χ2v) is 6.99. The van der Waals surface area contributed by atoms with E-state index in [2.05, 4.69) is 5.32 Å². The summed E-state index contributed by atoms with van der Waals surface area (Å²) < 4.78 is 5.99. The van der Waals surface area contributed by atoms with Gasteiger partial charge in [0.2, 0.25) is 5.91 Å². The van der Waals surface area contributed by atoms with E-state index >= 15 is 0 Å². The molecular weight excluding hydrogens is 322 g/mol. The van der Waals surface area contributed by atoms with Crippen molar-refractivity contribution < 1.29 is 9.53 Å². The molecule has 4 heteroatoms. The van der Waals surface area contributed by atoms with Gasteiger partial charge in [-0.2, -0.15) is 0 Å². The lowest BCUT2D eigenvalue weighted by Gasteiger charge is -2.37. The number of para-hydroxylation sites is 1. The minimum absolute atomic E-state index is 0.0627. The van der Waals surface area contributed by atoms with Crippen molar-refractivity contribution >= 4 is 23.6 Å². The third-order valence-corrected chi connectivity index (χ3v) is 4.24. The summed E-state index contributed by atoms with van der Waals surface area (Å²) in [4.78, 5) is 12.3. The molecule has 0 fully saturated rings. The van der Waals surface area contributed by atoms with E-state index in [4.69, 9.17) is 16.3 Å². The molecule has 1 amide bonds. The normalized spacial score (nSPS) is 18.7. The van der Waals surface area contributed by atoms with Crippen LogP contribution in [0.25, 0.3) is 6.08 Å². The lowest BCUT2D eigenvalue weighted by Crippen LogP contribution is -2.40. The smallest absolute Gasteiger partial charge is 0.244 e. The van der Waals surface area contributed by atoms with Crippen molar-refractivity contribution in [2.75, 3.05) is 0 Å². The van der Waals surface area contributed by atoms with Gasteiger partial charge in [0.1, 0.15) is 11.4 Å². The fourth-order valence-electron chi connectivity index (χ4n) is 2.90. The van der Waals surface area contributed by atoms with Crippen LogP contribution in [-0.4, -0.2) is 11.5 Å². The predicted molar refractivity (Wildman–Crippen MR) is 97.1 cm³/mol. The van der Waals surface area contributed by atoms with Crippen LogP contribution in [0.3, 0.4) is 0 Å². The van der Waals surface area contributed by atoms with E-state index in [1.54, 1.807) is 24.3 Å². The van der Waals surface area contributed by atoms with E-state index in [9.17, 15) is 4.79 Å². The standard InChI is InChI=1S/C20H20ClNO2/c1-20(2)13-17(16-5-3-4-6-18(16)24-20)22-19(23)12-9-14-7-10-15(21)11-8-14/h3-12,17H,13H2,1-2H3,(H,22,23)/b12-9+/t17-/m1/s1. The van der Waals surface area contributed by atoms with Gasteiger partial charge in [-0.15, -0.1) is 0 Å². The number of hydrogen-bond acceptors (Lipinski definition) is 2. The van der Waals surface area contributed by atoms with Crippen molar-refractivity contribution in [2.24, 2.45) is 0 Å². The highest BCUT2D eigenvalue weighted by atomic mass is 35.5. The highest BCUT2D eigenvalue weighted by Crippen LogP contribution is 2.39.